The first-order chi connectivity index (χ1) is 19.2. The van der Waals surface area contributed by atoms with Crippen LogP contribution in [0.5, 0.6) is 5.75 Å². The minimum Gasteiger partial charge on any atom is -0.494 e. The van der Waals surface area contributed by atoms with E-state index in [1.54, 1.807) is 0 Å². The summed E-state index contributed by atoms with van der Waals surface area (Å²) in [5.41, 5.74) is 3.67. The fraction of sp³-hybridized carbons (Fsp3) is 0.526. The molecular weight excluding hydrogens is 472 g/mol. The summed E-state index contributed by atoms with van der Waals surface area (Å²) in [4.78, 5) is 0. The van der Waals surface area contributed by atoms with Gasteiger partial charge in [-0.3, -0.25) is 0 Å². The molecule has 0 heterocycles. The van der Waals surface area contributed by atoms with Crippen LogP contribution in [-0.2, 0) is 0 Å². The third-order valence-electron chi connectivity index (χ3n) is 8.62. The third kappa shape index (κ3) is 9.76. The number of rotatable bonds is 14. The Morgan fingerprint density at radius 2 is 1.23 bits per heavy atom. The van der Waals surface area contributed by atoms with Gasteiger partial charge in [0.1, 0.15) is 5.75 Å². The second kappa shape index (κ2) is 16.4. The van der Waals surface area contributed by atoms with Gasteiger partial charge in [-0.25, -0.2) is 0 Å². The fourth-order valence-electron chi connectivity index (χ4n) is 6.09. The zero-order valence-corrected chi connectivity index (χ0v) is 24.7. The van der Waals surface area contributed by atoms with Crippen LogP contribution >= 0.6 is 0 Å². The minimum atomic E-state index is 0.735. The summed E-state index contributed by atoms with van der Waals surface area (Å²) in [6.45, 7) is 5.34. The lowest BCUT2D eigenvalue weighted by Gasteiger charge is -2.29. The number of ether oxygens (including phenoxy) is 1. The molecule has 39 heavy (non-hydrogen) atoms. The number of benzene rings is 3. The van der Waals surface area contributed by atoms with E-state index in [9.17, 15) is 0 Å². The predicted octanol–water partition coefficient (Wildman–Crippen LogP) is 11.2. The molecular formula is C38H50O. The molecule has 1 aliphatic carbocycles. The van der Waals surface area contributed by atoms with E-state index in [-0.39, 0.29) is 0 Å². The molecule has 0 spiro atoms. The summed E-state index contributed by atoms with van der Waals surface area (Å²) >= 11 is 0. The largest absolute Gasteiger partial charge is 0.494 e. The first kappa shape index (κ1) is 29.3. The molecule has 1 nitrogen and oxygen atoms in total. The van der Waals surface area contributed by atoms with Gasteiger partial charge in [0.05, 0.1) is 6.61 Å². The highest BCUT2D eigenvalue weighted by Gasteiger charge is 2.21. The average molecular weight is 523 g/mol. The monoisotopic (exact) mass is 522 g/mol. The van der Waals surface area contributed by atoms with Crippen molar-refractivity contribution >= 4 is 10.8 Å². The standard InChI is InChI=1S/C38H50O/c1-3-5-7-9-10-11-13-31-16-21-34(22-17-31)35-23-18-32(19-24-35)14-15-33-20-25-37-30-38(27-26-36(37)29-33)39-28-12-8-6-4-2/h18-20,23-27,29-31,34H,3-13,16-17,21-22,28H2,1-2H3/t31-,34-. The van der Waals surface area contributed by atoms with Gasteiger partial charge in [0, 0.05) is 11.1 Å². The number of fused-ring (bicyclic) bond motifs is 1. The van der Waals surface area contributed by atoms with Crippen LogP contribution in [0.15, 0.2) is 60.7 Å². The second-order valence-electron chi connectivity index (χ2n) is 11.8. The highest BCUT2D eigenvalue weighted by Crippen LogP contribution is 2.37. The van der Waals surface area contributed by atoms with Crippen molar-refractivity contribution < 1.29 is 4.74 Å². The number of hydrogen-bond acceptors (Lipinski definition) is 1. The Bertz CT molecular complexity index is 1170. The van der Waals surface area contributed by atoms with E-state index < -0.39 is 0 Å². The summed E-state index contributed by atoms with van der Waals surface area (Å²) in [6.07, 6.45) is 20.4. The topological polar surface area (TPSA) is 9.23 Å². The quantitative estimate of drug-likeness (QED) is 0.151. The Hall–Kier alpha value is -2.72. The molecule has 0 N–H and O–H groups in total. The molecule has 0 aliphatic heterocycles. The van der Waals surface area contributed by atoms with Crippen molar-refractivity contribution in [2.45, 2.75) is 116 Å². The first-order valence-corrected chi connectivity index (χ1v) is 16.0. The van der Waals surface area contributed by atoms with Crippen LogP contribution in [0.3, 0.4) is 0 Å². The van der Waals surface area contributed by atoms with Crippen LogP contribution in [-0.4, -0.2) is 6.61 Å². The van der Waals surface area contributed by atoms with Gasteiger partial charge in [-0.05, 0) is 96.7 Å². The molecule has 0 radical (unpaired) electrons. The molecule has 0 aromatic heterocycles. The average Bonchev–Trinajstić information content (AvgIpc) is 2.98. The lowest BCUT2D eigenvalue weighted by molar-refractivity contribution is 0.302. The molecule has 208 valence electrons. The maximum Gasteiger partial charge on any atom is 0.119 e. The van der Waals surface area contributed by atoms with Gasteiger partial charge >= 0.3 is 0 Å². The molecule has 4 rings (SSSR count). The SMILES string of the molecule is CCCCCCCC[C@H]1CC[C@H](c2ccc(C#Cc3ccc4cc(OCCCCCC)ccc4c3)cc2)CC1. The van der Waals surface area contributed by atoms with Crippen molar-refractivity contribution in [3.05, 3.63) is 77.4 Å². The lowest BCUT2D eigenvalue weighted by Crippen LogP contribution is -2.13. The van der Waals surface area contributed by atoms with Crippen LogP contribution in [0.25, 0.3) is 10.8 Å². The van der Waals surface area contributed by atoms with Crippen molar-refractivity contribution in [2.24, 2.45) is 5.92 Å². The van der Waals surface area contributed by atoms with Crippen LogP contribution in [0.2, 0.25) is 0 Å². The van der Waals surface area contributed by atoms with Gasteiger partial charge < -0.3 is 4.74 Å². The van der Waals surface area contributed by atoms with E-state index in [2.05, 4.69) is 86.4 Å². The van der Waals surface area contributed by atoms with Crippen LogP contribution < -0.4 is 4.74 Å². The predicted molar refractivity (Wildman–Crippen MR) is 169 cm³/mol. The maximum atomic E-state index is 5.96. The fourth-order valence-corrected chi connectivity index (χ4v) is 6.09. The van der Waals surface area contributed by atoms with Gasteiger partial charge in [0.2, 0.25) is 0 Å². The first-order valence-electron chi connectivity index (χ1n) is 16.0. The van der Waals surface area contributed by atoms with E-state index in [0.29, 0.717) is 0 Å². The van der Waals surface area contributed by atoms with Gasteiger partial charge in [-0.15, -0.1) is 0 Å². The van der Waals surface area contributed by atoms with Crippen LogP contribution in [0, 0.1) is 17.8 Å². The molecule has 0 unspecified atom stereocenters. The van der Waals surface area contributed by atoms with Gasteiger partial charge in [0.15, 0.2) is 0 Å². The Morgan fingerprint density at radius 1 is 0.615 bits per heavy atom. The molecule has 0 bridgehead atoms. The zero-order chi connectivity index (χ0) is 27.1. The number of unbranched alkanes of at least 4 members (excludes halogenated alkanes) is 8. The summed E-state index contributed by atoms with van der Waals surface area (Å²) in [5, 5.41) is 2.42. The molecule has 1 fully saturated rings. The van der Waals surface area contributed by atoms with Crippen molar-refractivity contribution in [1.29, 1.82) is 0 Å². The van der Waals surface area contributed by atoms with Gasteiger partial charge in [0.25, 0.3) is 0 Å². The second-order valence-corrected chi connectivity index (χ2v) is 11.8. The molecule has 3 aromatic rings. The smallest absolute Gasteiger partial charge is 0.119 e. The molecule has 3 aromatic carbocycles. The van der Waals surface area contributed by atoms with Crippen LogP contribution in [0.1, 0.15) is 133 Å². The third-order valence-corrected chi connectivity index (χ3v) is 8.62. The Morgan fingerprint density at radius 3 is 2.00 bits per heavy atom. The molecule has 0 atom stereocenters. The van der Waals surface area contributed by atoms with E-state index in [4.69, 9.17) is 4.74 Å². The van der Waals surface area contributed by atoms with Gasteiger partial charge in [-0.2, -0.15) is 0 Å². The Labute approximate surface area is 238 Å². The lowest BCUT2D eigenvalue weighted by atomic mass is 9.77. The Balaban J connectivity index is 1.23. The highest BCUT2D eigenvalue weighted by atomic mass is 16.5. The molecule has 1 saturated carbocycles. The zero-order valence-electron chi connectivity index (χ0n) is 24.7. The summed E-state index contributed by atoms with van der Waals surface area (Å²) in [7, 11) is 0. The summed E-state index contributed by atoms with van der Waals surface area (Å²) in [6, 6.07) is 21.9. The molecule has 1 aliphatic rings. The van der Waals surface area contributed by atoms with E-state index in [1.165, 1.54) is 106 Å². The summed E-state index contributed by atoms with van der Waals surface area (Å²) in [5.74, 6) is 9.43. The number of hydrogen-bond donors (Lipinski definition) is 0. The highest BCUT2D eigenvalue weighted by molar-refractivity contribution is 5.85. The molecule has 0 saturated heterocycles. The molecule has 1 heteroatoms. The van der Waals surface area contributed by atoms with E-state index in [0.717, 1.165) is 41.7 Å². The van der Waals surface area contributed by atoms with Crippen molar-refractivity contribution in [3.8, 4) is 17.6 Å². The van der Waals surface area contributed by atoms with E-state index in [1.807, 2.05) is 0 Å². The van der Waals surface area contributed by atoms with Crippen molar-refractivity contribution in [1.82, 2.24) is 0 Å². The maximum absolute atomic E-state index is 5.96. The van der Waals surface area contributed by atoms with Crippen LogP contribution in [0.4, 0.5) is 0 Å². The van der Waals surface area contributed by atoms with E-state index >= 15 is 0 Å². The van der Waals surface area contributed by atoms with Gasteiger partial charge in [-0.1, -0.05) is 114 Å². The summed E-state index contributed by atoms with van der Waals surface area (Å²) < 4.78 is 5.96. The normalized spacial score (nSPS) is 17.1. The van der Waals surface area contributed by atoms with Crippen molar-refractivity contribution in [3.63, 3.8) is 0 Å². The Kier molecular flexibility index (Phi) is 12.3. The molecule has 0 amide bonds. The minimum absolute atomic E-state index is 0.735. The van der Waals surface area contributed by atoms with Crippen molar-refractivity contribution in [2.75, 3.05) is 6.61 Å².